The van der Waals surface area contributed by atoms with Crippen LogP contribution in [-0.2, 0) is 9.53 Å². The van der Waals surface area contributed by atoms with Gasteiger partial charge in [-0.1, -0.05) is 29.8 Å². The lowest BCUT2D eigenvalue weighted by atomic mass is 10.0. The molecule has 0 spiro atoms. The van der Waals surface area contributed by atoms with Crippen LogP contribution in [0.15, 0.2) is 24.3 Å². The Morgan fingerprint density at radius 1 is 1.30 bits per heavy atom. The number of hydrogen-bond donors (Lipinski definition) is 3. The largest absolute Gasteiger partial charge is 0.379 e. The van der Waals surface area contributed by atoms with Gasteiger partial charge in [0.15, 0.2) is 0 Å². The number of rotatable bonds is 5. The Balaban J connectivity index is 1.43. The minimum Gasteiger partial charge on any atom is -0.379 e. The maximum Gasteiger partial charge on any atom is 0.238 e. The van der Waals surface area contributed by atoms with Crippen LogP contribution in [0.3, 0.4) is 0 Å². The second-order valence-electron chi connectivity index (χ2n) is 5.90. The van der Waals surface area contributed by atoms with E-state index in [-0.39, 0.29) is 18.0 Å². The van der Waals surface area contributed by atoms with Gasteiger partial charge in [-0.05, 0) is 18.1 Å². The van der Waals surface area contributed by atoms with Gasteiger partial charge in [0, 0.05) is 37.2 Å². The van der Waals surface area contributed by atoms with Crippen molar-refractivity contribution < 1.29 is 9.53 Å². The molecule has 2 fully saturated rings. The first kappa shape index (κ1) is 16.7. The van der Waals surface area contributed by atoms with Crippen LogP contribution in [0.5, 0.6) is 0 Å². The molecule has 7 heteroatoms. The summed E-state index contributed by atoms with van der Waals surface area (Å²) in [5.74, 6) is 0.0281. The van der Waals surface area contributed by atoms with E-state index in [0.717, 1.165) is 43.4 Å². The van der Waals surface area contributed by atoms with E-state index >= 15 is 0 Å². The lowest BCUT2D eigenvalue weighted by Gasteiger charge is -2.26. The zero-order chi connectivity index (χ0) is 16.1. The molecule has 6 nitrogen and oxygen atoms in total. The van der Waals surface area contributed by atoms with Crippen LogP contribution in [0.2, 0.25) is 5.02 Å². The molecule has 23 heavy (non-hydrogen) atoms. The van der Waals surface area contributed by atoms with E-state index in [1.165, 1.54) is 0 Å². The van der Waals surface area contributed by atoms with Crippen LogP contribution in [0.4, 0.5) is 0 Å². The fourth-order valence-electron chi connectivity index (χ4n) is 2.97. The van der Waals surface area contributed by atoms with Crippen molar-refractivity contribution in [2.45, 2.75) is 18.5 Å². The second-order valence-corrected chi connectivity index (χ2v) is 6.30. The molecule has 1 aromatic rings. The third-order valence-corrected chi connectivity index (χ3v) is 4.68. The highest BCUT2D eigenvalue weighted by molar-refractivity contribution is 6.31. The summed E-state index contributed by atoms with van der Waals surface area (Å²) in [6, 6.07) is 7.54. The predicted molar refractivity (Wildman–Crippen MR) is 89.1 cm³/mol. The van der Waals surface area contributed by atoms with Gasteiger partial charge in [0.05, 0.1) is 13.2 Å². The van der Waals surface area contributed by atoms with Gasteiger partial charge >= 0.3 is 0 Å². The fraction of sp³-hybridized carbons (Fsp3) is 0.562. The van der Waals surface area contributed by atoms with Crippen LogP contribution in [-0.4, -0.2) is 56.2 Å². The number of ether oxygens (including phenoxy) is 1. The third kappa shape index (κ3) is 4.43. The number of benzene rings is 1. The molecule has 126 valence electrons. The quantitative estimate of drug-likeness (QED) is 0.737. The van der Waals surface area contributed by atoms with Crippen LogP contribution >= 0.6 is 11.6 Å². The Labute approximate surface area is 141 Å². The molecule has 1 aromatic carbocycles. The maximum absolute atomic E-state index is 12.3. The molecule has 2 saturated heterocycles. The topological polar surface area (TPSA) is 65.6 Å². The summed E-state index contributed by atoms with van der Waals surface area (Å²) >= 11 is 6.22. The van der Waals surface area contributed by atoms with Crippen molar-refractivity contribution in [1.82, 2.24) is 21.1 Å². The van der Waals surface area contributed by atoms with Crippen LogP contribution in [0, 0.1) is 0 Å². The van der Waals surface area contributed by atoms with Gasteiger partial charge in [-0.25, -0.2) is 10.9 Å². The average Bonchev–Trinajstić information content (AvgIpc) is 3.06. The monoisotopic (exact) mass is 338 g/mol. The molecular weight excluding hydrogens is 316 g/mol. The highest BCUT2D eigenvalue weighted by Gasteiger charge is 2.30. The van der Waals surface area contributed by atoms with Gasteiger partial charge in [0.25, 0.3) is 0 Å². The zero-order valence-corrected chi connectivity index (χ0v) is 13.8. The number of amides is 1. The molecule has 0 radical (unpaired) electrons. The first-order chi connectivity index (χ1) is 11.2. The third-order valence-electron chi connectivity index (χ3n) is 4.33. The van der Waals surface area contributed by atoms with E-state index in [4.69, 9.17) is 16.3 Å². The van der Waals surface area contributed by atoms with Gasteiger partial charge in [0.1, 0.15) is 6.04 Å². The SMILES string of the molecule is O=C(NCCN1CCOCC1)C1CC(c2ccccc2Cl)NN1. The van der Waals surface area contributed by atoms with Crippen molar-refractivity contribution in [3.05, 3.63) is 34.9 Å². The van der Waals surface area contributed by atoms with Gasteiger partial charge in [0.2, 0.25) is 5.91 Å². The summed E-state index contributed by atoms with van der Waals surface area (Å²) in [7, 11) is 0. The van der Waals surface area contributed by atoms with Crippen molar-refractivity contribution in [2.24, 2.45) is 0 Å². The molecule has 2 atom stereocenters. The van der Waals surface area contributed by atoms with Crippen molar-refractivity contribution in [2.75, 3.05) is 39.4 Å². The van der Waals surface area contributed by atoms with Gasteiger partial charge in [-0.3, -0.25) is 9.69 Å². The number of nitrogens with one attached hydrogen (secondary N) is 3. The summed E-state index contributed by atoms with van der Waals surface area (Å²) in [4.78, 5) is 14.6. The van der Waals surface area contributed by atoms with Gasteiger partial charge in [-0.2, -0.15) is 0 Å². The fourth-order valence-corrected chi connectivity index (χ4v) is 3.24. The van der Waals surface area contributed by atoms with Crippen LogP contribution in [0.1, 0.15) is 18.0 Å². The first-order valence-corrected chi connectivity index (χ1v) is 8.45. The van der Waals surface area contributed by atoms with Crippen molar-refractivity contribution >= 4 is 17.5 Å². The number of hydrogen-bond acceptors (Lipinski definition) is 5. The number of carbonyl (C=O) groups excluding carboxylic acids is 1. The lowest BCUT2D eigenvalue weighted by Crippen LogP contribution is -2.46. The molecular formula is C16H23ClN4O2. The number of carbonyl (C=O) groups is 1. The molecule has 3 N–H and O–H groups in total. The molecule has 0 bridgehead atoms. The standard InChI is InChI=1S/C16H23ClN4O2/c17-13-4-2-1-3-12(13)14-11-15(20-19-14)16(22)18-5-6-21-7-9-23-10-8-21/h1-4,14-15,19-20H,5-11H2,(H,18,22). The minimum absolute atomic E-state index is 0.0281. The van der Waals surface area contributed by atoms with E-state index < -0.39 is 0 Å². The van der Waals surface area contributed by atoms with Crippen molar-refractivity contribution in [1.29, 1.82) is 0 Å². The number of hydrazine groups is 1. The summed E-state index contributed by atoms with van der Waals surface area (Å²) in [6.45, 7) is 4.96. The molecule has 3 rings (SSSR count). The summed E-state index contributed by atoms with van der Waals surface area (Å²) < 4.78 is 5.31. The first-order valence-electron chi connectivity index (χ1n) is 8.07. The lowest BCUT2D eigenvalue weighted by molar-refractivity contribution is -0.123. The van der Waals surface area contributed by atoms with E-state index in [1.807, 2.05) is 24.3 Å². The molecule has 0 aliphatic carbocycles. The Bertz CT molecular complexity index is 537. The highest BCUT2D eigenvalue weighted by Crippen LogP contribution is 2.28. The zero-order valence-electron chi connectivity index (χ0n) is 13.1. The highest BCUT2D eigenvalue weighted by atomic mass is 35.5. The summed E-state index contributed by atoms with van der Waals surface area (Å²) in [5, 5.41) is 3.72. The average molecular weight is 339 g/mol. The Hall–Kier alpha value is -1.18. The molecule has 2 unspecified atom stereocenters. The second kappa shape index (κ2) is 8.08. The van der Waals surface area contributed by atoms with Gasteiger partial charge in [-0.15, -0.1) is 0 Å². The van der Waals surface area contributed by atoms with E-state index in [0.29, 0.717) is 13.0 Å². The molecule has 1 amide bonds. The number of morpholine rings is 1. The van der Waals surface area contributed by atoms with E-state index in [1.54, 1.807) is 0 Å². The Morgan fingerprint density at radius 2 is 2.09 bits per heavy atom. The molecule has 2 aliphatic rings. The van der Waals surface area contributed by atoms with E-state index in [9.17, 15) is 4.79 Å². The molecule has 0 aromatic heterocycles. The molecule has 2 heterocycles. The van der Waals surface area contributed by atoms with Crippen LogP contribution < -0.4 is 16.2 Å². The van der Waals surface area contributed by atoms with Crippen LogP contribution in [0.25, 0.3) is 0 Å². The Kier molecular flexibility index (Phi) is 5.85. The van der Waals surface area contributed by atoms with E-state index in [2.05, 4.69) is 21.1 Å². The van der Waals surface area contributed by atoms with Crippen molar-refractivity contribution in [3.8, 4) is 0 Å². The van der Waals surface area contributed by atoms with Crippen molar-refractivity contribution in [3.63, 3.8) is 0 Å². The Morgan fingerprint density at radius 3 is 2.87 bits per heavy atom. The number of halogens is 1. The van der Waals surface area contributed by atoms with Gasteiger partial charge < -0.3 is 10.1 Å². The smallest absolute Gasteiger partial charge is 0.238 e. The summed E-state index contributed by atoms with van der Waals surface area (Å²) in [6.07, 6.45) is 0.688. The molecule has 0 saturated carbocycles. The number of nitrogens with zero attached hydrogens (tertiary/aromatic N) is 1. The predicted octanol–water partition coefficient (Wildman–Crippen LogP) is 0.696. The maximum atomic E-state index is 12.3. The normalized spacial score (nSPS) is 25.4. The minimum atomic E-state index is -0.235. The summed E-state index contributed by atoms with van der Waals surface area (Å²) in [5.41, 5.74) is 7.25. The molecule has 2 aliphatic heterocycles.